The van der Waals surface area contributed by atoms with Crippen LogP contribution >= 0.6 is 11.5 Å². The third-order valence-corrected chi connectivity index (χ3v) is 2.77. The number of rotatable bonds is 5. The lowest BCUT2D eigenvalue weighted by Crippen LogP contribution is -2.43. The van der Waals surface area contributed by atoms with Crippen LogP contribution < -0.4 is 5.32 Å². The van der Waals surface area contributed by atoms with Crippen molar-refractivity contribution in [2.24, 2.45) is 0 Å². The van der Waals surface area contributed by atoms with E-state index in [9.17, 15) is 9.90 Å². The molecule has 7 heteroatoms. The zero-order valence-electron chi connectivity index (χ0n) is 9.48. The standard InChI is InChI=1S/C9H15N3O3S/c1-6-7(16-12-11-6)8(13)10-4-9(2,14)5-15-3/h14H,4-5H2,1-3H3,(H,10,13)/t9-/m0/s1. The zero-order valence-corrected chi connectivity index (χ0v) is 10.3. The van der Waals surface area contributed by atoms with Crippen LogP contribution in [0.25, 0.3) is 0 Å². The number of aromatic nitrogens is 2. The Bertz CT molecular complexity index is 365. The Morgan fingerprint density at radius 3 is 2.88 bits per heavy atom. The highest BCUT2D eigenvalue weighted by Gasteiger charge is 2.22. The summed E-state index contributed by atoms with van der Waals surface area (Å²) in [5, 5.41) is 16.1. The first-order valence-electron chi connectivity index (χ1n) is 4.75. The number of hydrogen-bond acceptors (Lipinski definition) is 6. The summed E-state index contributed by atoms with van der Waals surface area (Å²) in [5.41, 5.74) is -0.481. The van der Waals surface area contributed by atoms with E-state index in [4.69, 9.17) is 4.74 Å². The highest BCUT2D eigenvalue weighted by atomic mass is 32.1. The molecule has 1 amide bonds. The van der Waals surface area contributed by atoms with Crippen molar-refractivity contribution in [2.45, 2.75) is 19.4 Å². The number of hydrogen-bond donors (Lipinski definition) is 2. The Labute approximate surface area is 97.8 Å². The average molecular weight is 245 g/mol. The Kier molecular flexibility index (Phi) is 4.34. The molecule has 1 atom stereocenters. The Morgan fingerprint density at radius 2 is 2.38 bits per heavy atom. The lowest BCUT2D eigenvalue weighted by molar-refractivity contribution is -0.0146. The average Bonchev–Trinajstić information content (AvgIpc) is 2.61. The molecule has 1 rings (SSSR count). The van der Waals surface area contributed by atoms with Crippen LogP contribution in [0, 0.1) is 6.92 Å². The summed E-state index contributed by atoms with van der Waals surface area (Å²) < 4.78 is 8.50. The molecule has 1 aromatic heterocycles. The number of aryl methyl sites for hydroxylation is 1. The molecule has 16 heavy (non-hydrogen) atoms. The van der Waals surface area contributed by atoms with E-state index < -0.39 is 5.60 Å². The number of methoxy groups -OCH3 is 1. The van der Waals surface area contributed by atoms with Crippen molar-refractivity contribution in [3.63, 3.8) is 0 Å². The molecule has 1 heterocycles. The van der Waals surface area contributed by atoms with Gasteiger partial charge in [-0.1, -0.05) is 4.49 Å². The summed E-state index contributed by atoms with van der Waals surface area (Å²) in [7, 11) is 1.49. The highest BCUT2D eigenvalue weighted by molar-refractivity contribution is 7.07. The Hall–Kier alpha value is -1.05. The van der Waals surface area contributed by atoms with E-state index in [-0.39, 0.29) is 19.1 Å². The molecule has 0 aliphatic heterocycles. The van der Waals surface area contributed by atoms with E-state index in [1.165, 1.54) is 7.11 Å². The number of nitrogens with zero attached hydrogens (tertiary/aromatic N) is 2. The van der Waals surface area contributed by atoms with Crippen molar-refractivity contribution in [3.8, 4) is 0 Å². The molecule has 2 N–H and O–H groups in total. The summed E-state index contributed by atoms with van der Waals surface area (Å²) in [6, 6.07) is 0. The molecule has 1 aromatic rings. The van der Waals surface area contributed by atoms with Crippen LogP contribution in [0.2, 0.25) is 0 Å². The van der Waals surface area contributed by atoms with Crippen molar-refractivity contribution in [1.29, 1.82) is 0 Å². The van der Waals surface area contributed by atoms with E-state index >= 15 is 0 Å². The third kappa shape index (κ3) is 3.51. The minimum atomic E-state index is -1.07. The van der Waals surface area contributed by atoms with Gasteiger partial charge < -0.3 is 15.2 Å². The molecule has 0 saturated carbocycles. The first-order valence-corrected chi connectivity index (χ1v) is 5.52. The Morgan fingerprint density at radius 1 is 1.69 bits per heavy atom. The molecule has 0 fully saturated rings. The van der Waals surface area contributed by atoms with E-state index in [1.807, 2.05) is 0 Å². The first kappa shape index (κ1) is 13.0. The number of nitrogens with one attached hydrogen (secondary N) is 1. The number of carbonyl (C=O) groups excluding carboxylic acids is 1. The second-order valence-corrected chi connectivity index (χ2v) is 4.55. The van der Waals surface area contributed by atoms with Gasteiger partial charge in [0.25, 0.3) is 5.91 Å². The normalized spacial score (nSPS) is 14.5. The van der Waals surface area contributed by atoms with Gasteiger partial charge in [-0.25, -0.2) is 0 Å². The van der Waals surface area contributed by atoms with Crippen LogP contribution in [-0.2, 0) is 4.74 Å². The van der Waals surface area contributed by atoms with E-state index in [0.29, 0.717) is 10.6 Å². The molecule has 6 nitrogen and oxygen atoms in total. The fraction of sp³-hybridized carbons (Fsp3) is 0.667. The molecular weight excluding hydrogens is 230 g/mol. The van der Waals surface area contributed by atoms with Crippen molar-refractivity contribution in [1.82, 2.24) is 14.9 Å². The van der Waals surface area contributed by atoms with Crippen LogP contribution in [0.3, 0.4) is 0 Å². The number of amides is 1. The predicted molar refractivity (Wildman–Crippen MR) is 59.5 cm³/mol. The molecule has 0 aliphatic carbocycles. The van der Waals surface area contributed by atoms with E-state index in [0.717, 1.165) is 11.5 Å². The topological polar surface area (TPSA) is 84.3 Å². The molecule has 0 aliphatic rings. The number of ether oxygens (including phenoxy) is 1. The minimum Gasteiger partial charge on any atom is -0.386 e. The summed E-state index contributed by atoms with van der Waals surface area (Å²) in [6.07, 6.45) is 0. The van der Waals surface area contributed by atoms with Crippen LogP contribution in [0.1, 0.15) is 22.3 Å². The second kappa shape index (κ2) is 5.33. The predicted octanol–water partition coefficient (Wildman–Crippen LogP) is -0.0263. The maximum absolute atomic E-state index is 11.6. The number of aliphatic hydroxyl groups is 1. The Balaban J connectivity index is 2.51. The van der Waals surface area contributed by atoms with Crippen LogP contribution in [0.15, 0.2) is 0 Å². The first-order chi connectivity index (χ1) is 7.46. The van der Waals surface area contributed by atoms with E-state index in [2.05, 4.69) is 14.9 Å². The molecule has 0 unspecified atom stereocenters. The third-order valence-electron chi connectivity index (χ3n) is 1.94. The summed E-state index contributed by atoms with van der Waals surface area (Å²) in [5.74, 6) is -0.274. The van der Waals surface area contributed by atoms with Crippen molar-refractivity contribution < 1.29 is 14.6 Å². The van der Waals surface area contributed by atoms with Gasteiger partial charge >= 0.3 is 0 Å². The van der Waals surface area contributed by atoms with Gasteiger partial charge in [0.2, 0.25) is 0 Å². The SMILES string of the molecule is COC[C@@](C)(O)CNC(=O)c1snnc1C. The monoisotopic (exact) mass is 245 g/mol. The van der Waals surface area contributed by atoms with Gasteiger partial charge in [0.05, 0.1) is 12.3 Å². The second-order valence-electron chi connectivity index (χ2n) is 3.80. The van der Waals surface area contributed by atoms with E-state index in [1.54, 1.807) is 13.8 Å². The van der Waals surface area contributed by atoms with Gasteiger partial charge in [-0.05, 0) is 25.4 Å². The van der Waals surface area contributed by atoms with Gasteiger partial charge in [0, 0.05) is 13.7 Å². The van der Waals surface area contributed by atoms with Crippen molar-refractivity contribution >= 4 is 17.4 Å². The molecule has 90 valence electrons. The molecule has 0 bridgehead atoms. The molecular formula is C9H15N3O3S. The molecule has 0 radical (unpaired) electrons. The highest BCUT2D eigenvalue weighted by Crippen LogP contribution is 2.09. The van der Waals surface area contributed by atoms with Crippen molar-refractivity contribution in [3.05, 3.63) is 10.6 Å². The van der Waals surface area contributed by atoms with Gasteiger partial charge in [-0.2, -0.15) is 0 Å². The molecule has 0 saturated heterocycles. The lowest BCUT2D eigenvalue weighted by Gasteiger charge is -2.22. The fourth-order valence-electron chi connectivity index (χ4n) is 1.15. The van der Waals surface area contributed by atoms with Crippen LogP contribution in [-0.4, -0.2) is 46.5 Å². The number of carbonyl (C=O) groups is 1. The van der Waals surface area contributed by atoms with Crippen molar-refractivity contribution in [2.75, 3.05) is 20.3 Å². The van der Waals surface area contributed by atoms with Gasteiger partial charge in [-0.15, -0.1) is 5.10 Å². The van der Waals surface area contributed by atoms with Crippen LogP contribution in [0.5, 0.6) is 0 Å². The zero-order chi connectivity index (χ0) is 12.2. The maximum atomic E-state index is 11.6. The van der Waals surface area contributed by atoms with Gasteiger partial charge in [0.15, 0.2) is 0 Å². The smallest absolute Gasteiger partial charge is 0.265 e. The van der Waals surface area contributed by atoms with Crippen LogP contribution in [0.4, 0.5) is 0 Å². The fourth-order valence-corrected chi connectivity index (χ4v) is 1.73. The minimum absolute atomic E-state index is 0.122. The summed E-state index contributed by atoms with van der Waals surface area (Å²) in [4.78, 5) is 12.1. The quantitative estimate of drug-likeness (QED) is 0.761. The largest absolute Gasteiger partial charge is 0.386 e. The van der Waals surface area contributed by atoms with Gasteiger partial charge in [0.1, 0.15) is 10.5 Å². The molecule has 0 aromatic carbocycles. The summed E-state index contributed by atoms with van der Waals surface area (Å²) >= 11 is 1.04. The van der Waals surface area contributed by atoms with Gasteiger partial charge in [-0.3, -0.25) is 4.79 Å². The lowest BCUT2D eigenvalue weighted by atomic mass is 10.1. The maximum Gasteiger partial charge on any atom is 0.265 e. The summed E-state index contributed by atoms with van der Waals surface area (Å²) in [6.45, 7) is 3.59. The molecule has 0 spiro atoms.